The zero-order valence-electron chi connectivity index (χ0n) is 11.2. The Kier molecular flexibility index (Phi) is 3.11. The summed E-state index contributed by atoms with van der Waals surface area (Å²) in [4.78, 5) is 11.1. The van der Waals surface area contributed by atoms with Crippen molar-refractivity contribution in [2.24, 2.45) is 23.2 Å². The van der Waals surface area contributed by atoms with E-state index in [2.05, 4.69) is 0 Å². The van der Waals surface area contributed by atoms with E-state index in [9.17, 15) is 9.18 Å². The standard InChI is InChI=1S/C15H23FO2/c1-10(16)14(17)18-3-2-15-7-11-4-12(8-15)6-13(5-11)9-15/h10-13H,2-9H2,1H3. The highest BCUT2D eigenvalue weighted by Gasteiger charge is 2.50. The fraction of sp³-hybridized carbons (Fsp3) is 0.933. The topological polar surface area (TPSA) is 26.3 Å². The molecule has 4 aliphatic carbocycles. The van der Waals surface area contributed by atoms with Crippen molar-refractivity contribution in [3.05, 3.63) is 0 Å². The highest BCUT2D eigenvalue weighted by Crippen LogP contribution is 2.61. The van der Waals surface area contributed by atoms with Crippen LogP contribution in [0.2, 0.25) is 0 Å². The Bertz CT molecular complexity index is 302. The van der Waals surface area contributed by atoms with E-state index in [1.807, 2.05) is 0 Å². The molecule has 4 saturated carbocycles. The van der Waals surface area contributed by atoms with Gasteiger partial charge in [-0.3, -0.25) is 0 Å². The van der Waals surface area contributed by atoms with Crippen molar-refractivity contribution in [1.82, 2.24) is 0 Å². The van der Waals surface area contributed by atoms with Crippen molar-refractivity contribution in [2.45, 2.75) is 58.0 Å². The van der Waals surface area contributed by atoms with Gasteiger partial charge in [0.2, 0.25) is 0 Å². The highest BCUT2D eigenvalue weighted by atomic mass is 19.1. The molecule has 4 fully saturated rings. The Morgan fingerprint density at radius 3 is 2.17 bits per heavy atom. The summed E-state index contributed by atoms with van der Waals surface area (Å²) in [5.74, 6) is 2.07. The van der Waals surface area contributed by atoms with E-state index in [0.717, 1.165) is 24.2 Å². The first-order valence-electron chi connectivity index (χ1n) is 7.37. The summed E-state index contributed by atoms with van der Waals surface area (Å²) >= 11 is 0. The molecule has 18 heavy (non-hydrogen) atoms. The summed E-state index contributed by atoms with van der Waals surface area (Å²) in [6.07, 6.45) is 7.73. The maximum absolute atomic E-state index is 12.7. The number of carbonyl (C=O) groups is 1. The Balaban J connectivity index is 1.54. The van der Waals surface area contributed by atoms with Crippen LogP contribution in [-0.4, -0.2) is 18.7 Å². The van der Waals surface area contributed by atoms with Crippen LogP contribution in [0.25, 0.3) is 0 Å². The maximum Gasteiger partial charge on any atom is 0.340 e. The Morgan fingerprint density at radius 1 is 1.22 bits per heavy atom. The summed E-state index contributed by atoms with van der Waals surface area (Å²) in [6, 6.07) is 0. The van der Waals surface area contributed by atoms with Gasteiger partial charge >= 0.3 is 5.97 Å². The van der Waals surface area contributed by atoms with Crippen LogP contribution >= 0.6 is 0 Å². The van der Waals surface area contributed by atoms with Gasteiger partial charge in [0.15, 0.2) is 6.17 Å². The van der Waals surface area contributed by atoms with Crippen LogP contribution in [0.5, 0.6) is 0 Å². The van der Waals surface area contributed by atoms with Gasteiger partial charge in [-0.2, -0.15) is 0 Å². The van der Waals surface area contributed by atoms with Crippen molar-refractivity contribution in [2.75, 3.05) is 6.61 Å². The average Bonchev–Trinajstić information content (AvgIpc) is 2.26. The highest BCUT2D eigenvalue weighted by molar-refractivity contribution is 5.73. The predicted octanol–water partition coefficient (Wildman–Crippen LogP) is 3.49. The Labute approximate surface area is 108 Å². The summed E-state index contributed by atoms with van der Waals surface area (Å²) in [7, 11) is 0. The van der Waals surface area contributed by atoms with Gasteiger partial charge in [0.1, 0.15) is 0 Å². The van der Waals surface area contributed by atoms with Gasteiger partial charge in [-0.1, -0.05) is 0 Å². The smallest absolute Gasteiger partial charge is 0.340 e. The van der Waals surface area contributed by atoms with Crippen LogP contribution in [-0.2, 0) is 9.53 Å². The van der Waals surface area contributed by atoms with Crippen LogP contribution < -0.4 is 0 Å². The van der Waals surface area contributed by atoms with Gasteiger partial charge in [0.25, 0.3) is 0 Å². The van der Waals surface area contributed by atoms with Crippen LogP contribution in [0.15, 0.2) is 0 Å². The molecule has 0 saturated heterocycles. The van der Waals surface area contributed by atoms with Crippen molar-refractivity contribution in [1.29, 1.82) is 0 Å². The van der Waals surface area contributed by atoms with Crippen molar-refractivity contribution < 1.29 is 13.9 Å². The summed E-state index contributed by atoms with van der Waals surface area (Å²) < 4.78 is 17.7. The molecule has 0 aromatic rings. The largest absolute Gasteiger partial charge is 0.464 e. The first kappa shape index (κ1) is 12.4. The molecule has 0 aromatic heterocycles. The minimum Gasteiger partial charge on any atom is -0.464 e. The van der Waals surface area contributed by atoms with Crippen LogP contribution in [0.3, 0.4) is 0 Å². The first-order valence-corrected chi connectivity index (χ1v) is 7.37. The Hall–Kier alpha value is -0.600. The van der Waals surface area contributed by atoms with E-state index >= 15 is 0 Å². The lowest BCUT2D eigenvalue weighted by molar-refractivity contribution is -0.151. The molecule has 0 spiro atoms. The van der Waals surface area contributed by atoms with E-state index < -0.39 is 12.1 Å². The molecule has 0 aromatic carbocycles. The lowest BCUT2D eigenvalue weighted by Gasteiger charge is -2.57. The van der Waals surface area contributed by atoms with Gasteiger partial charge in [0.05, 0.1) is 6.61 Å². The molecule has 3 heteroatoms. The van der Waals surface area contributed by atoms with Crippen LogP contribution in [0, 0.1) is 23.2 Å². The predicted molar refractivity (Wildman–Crippen MR) is 66.8 cm³/mol. The van der Waals surface area contributed by atoms with Gasteiger partial charge in [-0.15, -0.1) is 0 Å². The molecular formula is C15H23FO2. The first-order chi connectivity index (χ1) is 8.56. The molecule has 0 N–H and O–H groups in total. The minimum atomic E-state index is -1.48. The van der Waals surface area contributed by atoms with E-state index in [4.69, 9.17) is 4.74 Å². The maximum atomic E-state index is 12.7. The summed E-state index contributed by atoms with van der Waals surface area (Å²) in [5.41, 5.74) is 0.425. The second-order valence-electron chi connectivity index (χ2n) is 6.95. The lowest BCUT2D eigenvalue weighted by atomic mass is 9.49. The summed E-state index contributed by atoms with van der Waals surface area (Å²) in [5, 5.41) is 0. The number of hydrogen-bond donors (Lipinski definition) is 0. The molecule has 4 bridgehead atoms. The zero-order chi connectivity index (χ0) is 12.8. The van der Waals surface area contributed by atoms with E-state index in [-0.39, 0.29) is 0 Å². The summed E-state index contributed by atoms with van der Waals surface area (Å²) in [6.45, 7) is 1.66. The molecule has 0 aliphatic heterocycles. The molecule has 4 rings (SSSR count). The molecule has 1 unspecified atom stereocenters. The van der Waals surface area contributed by atoms with Gasteiger partial charge in [-0.25, -0.2) is 9.18 Å². The second-order valence-corrected chi connectivity index (χ2v) is 6.95. The Morgan fingerprint density at radius 2 is 1.72 bits per heavy atom. The molecule has 0 heterocycles. The molecule has 4 aliphatic rings. The van der Waals surface area contributed by atoms with Gasteiger partial charge in [-0.05, 0) is 75.0 Å². The average molecular weight is 254 g/mol. The van der Waals surface area contributed by atoms with Crippen molar-refractivity contribution in [3.63, 3.8) is 0 Å². The molecule has 1 atom stereocenters. The molecule has 2 nitrogen and oxygen atoms in total. The fourth-order valence-corrected chi connectivity index (χ4v) is 5.08. The monoisotopic (exact) mass is 254 g/mol. The third kappa shape index (κ3) is 2.28. The number of ether oxygens (including phenoxy) is 1. The second kappa shape index (κ2) is 4.50. The van der Waals surface area contributed by atoms with Crippen LogP contribution in [0.1, 0.15) is 51.9 Å². The van der Waals surface area contributed by atoms with Gasteiger partial charge < -0.3 is 4.74 Å². The third-order valence-corrected chi connectivity index (χ3v) is 5.37. The van der Waals surface area contributed by atoms with Gasteiger partial charge in [0, 0.05) is 0 Å². The molecular weight excluding hydrogens is 231 g/mol. The third-order valence-electron chi connectivity index (χ3n) is 5.37. The molecule has 102 valence electrons. The van der Waals surface area contributed by atoms with E-state index in [1.165, 1.54) is 45.4 Å². The normalized spacial score (nSPS) is 42.9. The molecule has 0 radical (unpaired) electrons. The van der Waals surface area contributed by atoms with Crippen molar-refractivity contribution in [3.8, 4) is 0 Å². The molecule has 0 amide bonds. The number of hydrogen-bond acceptors (Lipinski definition) is 2. The number of alkyl halides is 1. The minimum absolute atomic E-state index is 0.416. The van der Waals surface area contributed by atoms with Crippen molar-refractivity contribution >= 4 is 5.97 Å². The number of rotatable bonds is 4. The zero-order valence-corrected chi connectivity index (χ0v) is 11.2. The van der Waals surface area contributed by atoms with E-state index in [0.29, 0.717) is 12.0 Å². The number of carbonyl (C=O) groups excluding carboxylic acids is 1. The number of esters is 1. The SMILES string of the molecule is CC(F)C(=O)OCCC12CC3CC(CC(C3)C1)C2. The fourth-order valence-electron chi connectivity index (χ4n) is 5.08. The quantitative estimate of drug-likeness (QED) is 0.718. The van der Waals surface area contributed by atoms with E-state index in [1.54, 1.807) is 0 Å². The number of halogens is 1. The van der Waals surface area contributed by atoms with Crippen LogP contribution in [0.4, 0.5) is 4.39 Å². The lowest BCUT2D eigenvalue weighted by Crippen LogP contribution is -2.46.